The molecule has 1 heteroatoms. The van der Waals surface area contributed by atoms with Crippen LogP contribution in [0.4, 0.5) is 0 Å². The smallest absolute Gasteiger partial charge is 0.0603 e. The predicted octanol–water partition coefficient (Wildman–Crippen LogP) is 8.48. The molecule has 2 fully saturated rings. The molecule has 0 amide bonds. The molecular formula is C30H50O. The quantitative estimate of drug-likeness (QED) is 0.447. The standard InChI is InChI=1S/C30H50O/c1-20(2)10-12-25(31)21(3)22-14-18-30(8)24-11-13-26-27(4,5)16-9-17-28(26,6)23(24)15-19-29(22,30)7/h10,21-22,25-26,31H,9,11-19H2,1-8H3. The Kier molecular flexibility index (Phi) is 5.90. The van der Waals surface area contributed by atoms with Crippen molar-refractivity contribution in [2.45, 2.75) is 126 Å². The number of rotatable bonds is 4. The van der Waals surface area contributed by atoms with Crippen LogP contribution in [0.25, 0.3) is 0 Å². The van der Waals surface area contributed by atoms with Gasteiger partial charge < -0.3 is 5.11 Å². The lowest BCUT2D eigenvalue weighted by molar-refractivity contribution is -0.0312. The topological polar surface area (TPSA) is 20.2 Å². The van der Waals surface area contributed by atoms with Gasteiger partial charge in [0.1, 0.15) is 0 Å². The Bertz CT molecular complexity index is 767. The van der Waals surface area contributed by atoms with Crippen LogP contribution in [0.1, 0.15) is 120 Å². The minimum atomic E-state index is -0.207. The highest BCUT2D eigenvalue weighted by atomic mass is 16.3. The average Bonchev–Trinajstić information content (AvgIpc) is 2.96. The summed E-state index contributed by atoms with van der Waals surface area (Å²) in [6, 6.07) is 0. The number of fused-ring (bicyclic) bond motifs is 4. The number of hydrogen-bond donors (Lipinski definition) is 1. The van der Waals surface area contributed by atoms with E-state index in [1.807, 2.05) is 11.1 Å². The summed E-state index contributed by atoms with van der Waals surface area (Å²) >= 11 is 0. The molecule has 4 rings (SSSR count). The van der Waals surface area contributed by atoms with Gasteiger partial charge in [-0.05, 0) is 111 Å². The van der Waals surface area contributed by atoms with Crippen molar-refractivity contribution in [1.29, 1.82) is 0 Å². The van der Waals surface area contributed by atoms with Gasteiger partial charge in [-0.3, -0.25) is 0 Å². The molecule has 0 spiro atoms. The van der Waals surface area contributed by atoms with E-state index < -0.39 is 0 Å². The molecule has 7 atom stereocenters. The molecule has 0 aromatic rings. The fourth-order valence-corrected chi connectivity index (χ4v) is 9.50. The number of aliphatic hydroxyl groups is 1. The molecule has 176 valence electrons. The largest absolute Gasteiger partial charge is 0.393 e. The lowest BCUT2D eigenvalue weighted by Gasteiger charge is -2.61. The SMILES string of the molecule is CC(C)=CCC(O)C(C)C1CCC2(C)C3=C(CCC12C)C1(C)CCCC(C)(C)C1CC3. The van der Waals surface area contributed by atoms with Gasteiger partial charge >= 0.3 is 0 Å². The fourth-order valence-electron chi connectivity index (χ4n) is 9.50. The van der Waals surface area contributed by atoms with Crippen LogP contribution in [0.15, 0.2) is 22.8 Å². The second-order valence-corrected chi connectivity index (χ2v) is 13.6. The summed E-state index contributed by atoms with van der Waals surface area (Å²) in [7, 11) is 0. The molecule has 0 saturated heterocycles. The third-order valence-corrected chi connectivity index (χ3v) is 11.6. The molecule has 1 nitrogen and oxygen atoms in total. The van der Waals surface area contributed by atoms with E-state index in [1.165, 1.54) is 63.4 Å². The highest BCUT2D eigenvalue weighted by Crippen LogP contribution is 2.72. The van der Waals surface area contributed by atoms with Crippen LogP contribution in [0, 0.1) is 39.4 Å². The summed E-state index contributed by atoms with van der Waals surface area (Å²) in [6.45, 7) is 19.6. The lowest BCUT2D eigenvalue weighted by atomic mass is 9.43. The van der Waals surface area contributed by atoms with Gasteiger partial charge in [-0.15, -0.1) is 0 Å². The van der Waals surface area contributed by atoms with Gasteiger partial charge in [0, 0.05) is 0 Å². The maximum Gasteiger partial charge on any atom is 0.0603 e. The van der Waals surface area contributed by atoms with Gasteiger partial charge in [0.05, 0.1) is 6.10 Å². The maximum absolute atomic E-state index is 11.0. The van der Waals surface area contributed by atoms with Crippen LogP contribution >= 0.6 is 0 Å². The Morgan fingerprint density at radius 1 is 0.968 bits per heavy atom. The van der Waals surface area contributed by atoms with Crippen molar-refractivity contribution in [3.8, 4) is 0 Å². The van der Waals surface area contributed by atoms with Crippen molar-refractivity contribution in [2.75, 3.05) is 0 Å². The Morgan fingerprint density at radius 2 is 1.68 bits per heavy atom. The molecule has 1 N–H and O–H groups in total. The first kappa shape index (κ1) is 23.6. The summed E-state index contributed by atoms with van der Waals surface area (Å²) in [4.78, 5) is 0. The van der Waals surface area contributed by atoms with E-state index in [9.17, 15) is 5.11 Å². The molecule has 0 heterocycles. The molecule has 2 saturated carbocycles. The first-order valence-electron chi connectivity index (χ1n) is 13.4. The molecule has 0 aromatic carbocycles. The van der Waals surface area contributed by atoms with E-state index in [4.69, 9.17) is 0 Å². The van der Waals surface area contributed by atoms with E-state index in [2.05, 4.69) is 61.5 Å². The molecule has 4 aliphatic rings. The lowest BCUT2D eigenvalue weighted by Crippen LogP contribution is -2.51. The number of aliphatic hydroxyl groups excluding tert-OH is 1. The molecule has 4 aliphatic carbocycles. The average molecular weight is 427 g/mol. The van der Waals surface area contributed by atoms with Crippen molar-refractivity contribution in [2.24, 2.45) is 39.4 Å². The molecule has 0 bridgehead atoms. The fraction of sp³-hybridized carbons (Fsp3) is 0.867. The van der Waals surface area contributed by atoms with E-state index in [1.54, 1.807) is 0 Å². The van der Waals surface area contributed by atoms with Crippen LogP contribution in [0.5, 0.6) is 0 Å². The summed E-state index contributed by atoms with van der Waals surface area (Å²) in [5.74, 6) is 1.88. The second kappa shape index (κ2) is 7.75. The number of allylic oxidation sites excluding steroid dienone is 3. The zero-order chi connectivity index (χ0) is 22.8. The molecule has 0 radical (unpaired) electrons. The first-order chi connectivity index (χ1) is 14.4. The van der Waals surface area contributed by atoms with Crippen LogP contribution in [0.2, 0.25) is 0 Å². The molecular weight excluding hydrogens is 376 g/mol. The number of hydrogen-bond acceptors (Lipinski definition) is 1. The maximum atomic E-state index is 11.0. The summed E-state index contributed by atoms with van der Waals surface area (Å²) in [5.41, 5.74) is 6.71. The van der Waals surface area contributed by atoms with Gasteiger partial charge in [-0.1, -0.05) is 70.8 Å². The highest BCUT2D eigenvalue weighted by molar-refractivity contribution is 5.38. The van der Waals surface area contributed by atoms with Crippen LogP contribution in [-0.4, -0.2) is 11.2 Å². The highest BCUT2D eigenvalue weighted by Gasteiger charge is 2.62. The normalized spacial score (nSPS) is 43.5. The van der Waals surface area contributed by atoms with Crippen molar-refractivity contribution < 1.29 is 5.11 Å². The first-order valence-corrected chi connectivity index (χ1v) is 13.4. The van der Waals surface area contributed by atoms with E-state index in [0.717, 1.165) is 12.3 Å². The summed E-state index contributed by atoms with van der Waals surface area (Å²) in [6.07, 6.45) is 15.1. The molecule has 31 heavy (non-hydrogen) atoms. The van der Waals surface area contributed by atoms with E-state index >= 15 is 0 Å². The Labute approximate surface area is 193 Å². The molecule has 0 aliphatic heterocycles. The molecule has 7 unspecified atom stereocenters. The van der Waals surface area contributed by atoms with Gasteiger partial charge in [-0.25, -0.2) is 0 Å². The zero-order valence-corrected chi connectivity index (χ0v) is 21.9. The van der Waals surface area contributed by atoms with Gasteiger partial charge in [0.25, 0.3) is 0 Å². The van der Waals surface area contributed by atoms with E-state index in [0.29, 0.717) is 33.5 Å². The van der Waals surface area contributed by atoms with Gasteiger partial charge in [-0.2, -0.15) is 0 Å². The third kappa shape index (κ3) is 3.43. The van der Waals surface area contributed by atoms with Crippen LogP contribution in [-0.2, 0) is 0 Å². The summed E-state index contributed by atoms with van der Waals surface area (Å²) < 4.78 is 0. The third-order valence-electron chi connectivity index (χ3n) is 11.6. The zero-order valence-electron chi connectivity index (χ0n) is 21.9. The van der Waals surface area contributed by atoms with Gasteiger partial charge in [0.2, 0.25) is 0 Å². The summed E-state index contributed by atoms with van der Waals surface area (Å²) in [5, 5.41) is 11.0. The minimum Gasteiger partial charge on any atom is -0.393 e. The van der Waals surface area contributed by atoms with E-state index in [-0.39, 0.29) is 6.10 Å². The van der Waals surface area contributed by atoms with Crippen LogP contribution < -0.4 is 0 Å². The van der Waals surface area contributed by atoms with Crippen molar-refractivity contribution in [3.05, 3.63) is 22.8 Å². The van der Waals surface area contributed by atoms with Crippen molar-refractivity contribution >= 4 is 0 Å². The Morgan fingerprint density at radius 3 is 2.35 bits per heavy atom. The second-order valence-electron chi connectivity index (χ2n) is 13.6. The molecule has 0 aromatic heterocycles. The predicted molar refractivity (Wildman–Crippen MR) is 133 cm³/mol. The van der Waals surface area contributed by atoms with Crippen LogP contribution in [0.3, 0.4) is 0 Å². The van der Waals surface area contributed by atoms with Crippen molar-refractivity contribution in [3.63, 3.8) is 0 Å². The minimum absolute atomic E-state index is 0.207. The Balaban J connectivity index is 1.66. The Hall–Kier alpha value is -0.560. The van der Waals surface area contributed by atoms with Gasteiger partial charge in [0.15, 0.2) is 0 Å². The van der Waals surface area contributed by atoms with Crippen molar-refractivity contribution in [1.82, 2.24) is 0 Å². The monoisotopic (exact) mass is 426 g/mol.